The summed E-state index contributed by atoms with van der Waals surface area (Å²) < 4.78 is 55.5. The molecule has 3 aliphatic rings. The number of benzene rings is 1. The summed E-state index contributed by atoms with van der Waals surface area (Å²) in [5.74, 6) is -4.72. The van der Waals surface area contributed by atoms with Gasteiger partial charge in [-0.1, -0.05) is 12.1 Å². The van der Waals surface area contributed by atoms with Gasteiger partial charge in [0.1, 0.15) is 23.8 Å². The maximum atomic E-state index is 15.2. The van der Waals surface area contributed by atoms with Crippen molar-refractivity contribution in [1.29, 1.82) is 0 Å². The van der Waals surface area contributed by atoms with Crippen molar-refractivity contribution in [2.75, 3.05) is 38.2 Å². The van der Waals surface area contributed by atoms with E-state index >= 15 is 8.78 Å². The van der Waals surface area contributed by atoms with Gasteiger partial charge in [-0.2, -0.15) is 0 Å². The molecule has 0 bridgehead atoms. The molecule has 0 radical (unpaired) electrons. The van der Waals surface area contributed by atoms with Crippen molar-refractivity contribution >= 4 is 11.8 Å². The fraction of sp³-hybridized carbons (Fsp3) is 0.586. The molecule has 3 aliphatic heterocycles. The van der Waals surface area contributed by atoms with E-state index in [1.807, 2.05) is 6.07 Å². The topological polar surface area (TPSA) is 83.9 Å². The third kappa shape index (κ3) is 6.73. The second-order valence-corrected chi connectivity index (χ2v) is 10.8. The molecule has 5 rings (SSSR count). The van der Waals surface area contributed by atoms with Crippen LogP contribution in [0.25, 0.3) is 0 Å². The third-order valence-corrected chi connectivity index (χ3v) is 8.05. The maximum Gasteiger partial charge on any atom is 0.325 e. The average molecular weight is 548 g/mol. The summed E-state index contributed by atoms with van der Waals surface area (Å²) in [6.45, 7) is 2.08. The first-order valence-electron chi connectivity index (χ1n) is 13.8. The molecule has 2 unspecified atom stereocenters. The Morgan fingerprint density at radius 1 is 1.26 bits per heavy atom. The van der Waals surface area contributed by atoms with Crippen LogP contribution < -0.4 is 5.32 Å². The number of carbonyl (C=O) groups is 1. The highest BCUT2D eigenvalue weighted by Gasteiger charge is 2.45. The minimum atomic E-state index is -2.92. The molecule has 4 heterocycles. The molecule has 2 fully saturated rings. The number of carboxylic acid groups (broad SMARTS) is 1. The van der Waals surface area contributed by atoms with Crippen molar-refractivity contribution in [3.05, 3.63) is 58.5 Å². The summed E-state index contributed by atoms with van der Waals surface area (Å²) in [4.78, 5) is 18.5. The van der Waals surface area contributed by atoms with Crippen LogP contribution in [0.1, 0.15) is 60.5 Å². The Labute approximate surface area is 226 Å². The lowest BCUT2D eigenvalue weighted by Gasteiger charge is -2.29. The second-order valence-electron chi connectivity index (χ2n) is 10.8. The quantitative estimate of drug-likeness (QED) is 0.362. The van der Waals surface area contributed by atoms with Crippen molar-refractivity contribution in [3.63, 3.8) is 0 Å². The summed E-state index contributed by atoms with van der Waals surface area (Å²) in [7, 11) is 0. The van der Waals surface area contributed by atoms with Crippen molar-refractivity contribution < 1.29 is 32.5 Å². The molecule has 7 nitrogen and oxygen atoms in total. The number of alkyl halides is 2. The fourth-order valence-electron chi connectivity index (χ4n) is 5.70. The number of aromatic nitrogens is 1. The highest BCUT2D eigenvalue weighted by Crippen LogP contribution is 2.40. The molecule has 0 aliphatic carbocycles. The van der Waals surface area contributed by atoms with Gasteiger partial charge in [-0.3, -0.25) is 9.69 Å². The van der Waals surface area contributed by atoms with Crippen molar-refractivity contribution in [1.82, 2.24) is 9.88 Å². The molecule has 2 aromatic rings. The molecule has 2 saturated heterocycles. The summed E-state index contributed by atoms with van der Waals surface area (Å²) in [6, 6.07) is 6.79. The smallest absolute Gasteiger partial charge is 0.325 e. The highest BCUT2D eigenvalue weighted by molar-refractivity contribution is 5.76. The normalized spacial score (nSPS) is 20.7. The van der Waals surface area contributed by atoms with Gasteiger partial charge in [0.2, 0.25) is 0 Å². The number of fused-ring (bicyclic) bond motifs is 1. The molecule has 0 spiro atoms. The van der Waals surface area contributed by atoms with E-state index in [1.54, 1.807) is 0 Å². The van der Waals surface area contributed by atoms with Crippen molar-refractivity contribution in [2.45, 2.75) is 69.6 Å². The predicted molar refractivity (Wildman–Crippen MR) is 139 cm³/mol. The van der Waals surface area contributed by atoms with E-state index in [0.717, 1.165) is 30.9 Å². The summed E-state index contributed by atoms with van der Waals surface area (Å²) >= 11 is 0. The molecule has 1 aromatic carbocycles. The van der Waals surface area contributed by atoms with Gasteiger partial charge < -0.3 is 19.9 Å². The van der Waals surface area contributed by atoms with Crippen molar-refractivity contribution in [3.8, 4) is 0 Å². The zero-order valence-electron chi connectivity index (χ0n) is 22.0. The van der Waals surface area contributed by atoms with Gasteiger partial charge in [0.05, 0.1) is 19.8 Å². The number of hydrogen-bond acceptors (Lipinski definition) is 6. The molecule has 212 valence electrons. The zero-order chi connectivity index (χ0) is 27.4. The number of aryl methyl sites for hydroxylation is 2. The number of anilines is 1. The van der Waals surface area contributed by atoms with Crippen LogP contribution >= 0.6 is 0 Å². The number of rotatable bonds is 12. The summed E-state index contributed by atoms with van der Waals surface area (Å²) in [5.41, 5.74) is 2.89. The minimum Gasteiger partial charge on any atom is -0.480 e. The Bertz CT molecular complexity index is 1160. The molecule has 0 saturated carbocycles. The van der Waals surface area contributed by atoms with Gasteiger partial charge in [-0.25, -0.2) is 18.2 Å². The Kier molecular flexibility index (Phi) is 8.73. The summed E-state index contributed by atoms with van der Waals surface area (Å²) in [6.07, 6.45) is 3.55. The Hall–Kier alpha value is -2.69. The SMILES string of the molecule is O=C(O)C(c1cc(F)ccc1COC1COC1)N1CCC(C(F)(F)CCCCc2ccc3c(n2)NCCC3)C1. The van der Waals surface area contributed by atoms with E-state index in [-0.39, 0.29) is 44.2 Å². The van der Waals surface area contributed by atoms with Gasteiger partial charge in [0.15, 0.2) is 0 Å². The van der Waals surface area contributed by atoms with Crippen LogP contribution in [0.5, 0.6) is 0 Å². The fourth-order valence-corrected chi connectivity index (χ4v) is 5.70. The Balaban J connectivity index is 1.17. The Morgan fingerprint density at radius 2 is 2.10 bits per heavy atom. The molecule has 10 heteroatoms. The maximum absolute atomic E-state index is 15.2. The van der Waals surface area contributed by atoms with E-state index < -0.39 is 29.7 Å². The van der Waals surface area contributed by atoms with Crippen LogP contribution in [0.3, 0.4) is 0 Å². The number of unbranched alkanes of at least 4 members (excludes halogenated alkanes) is 1. The van der Waals surface area contributed by atoms with Crippen LogP contribution in [0.4, 0.5) is 19.0 Å². The van der Waals surface area contributed by atoms with E-state index in [4.69, 9.17) is 9.47 Å². The number of ether oxygens (including phenoxy) is 2. The van der Waals surface area contributed by atoms with Crippen LogP contribution in [0, 0.1) is 11.7 Å². The minimum absolute atomic E-state index is 0.0602. The lowest BCUT2D eigenvalue weighted by molar-refractivity contribution is -0.144. The van der Waals surface area contributed by atoms with Crippen LogP contribution in [-0.4, -0.2) is 65.8 Å². The van der Waals surface area contributed by atoms with Crippen molar-refractivity contribution in [2.24, 2.45) is 5.92 Å². The molecule has 0 amide bonds. The predicted octanol–water partition coefficient (Wildman–Crippen LogP) is 4.99. The number of hydrogen-bond donors (Lipinski definition) is 2. The average Bonchev–Trinajstić information content (AvgIpc) is 3.37. The Morgan fingerprint density at radius 3 is 2.87 bits per heavy atom. The number of carboxylic acids is 1. The lowest BCUT2D eigenvalue weighted by atomic mass is 9.94. The highest BCUT2D eigenvalue weighted by atomic mass is 19.3. The first-order valence-corrected chi connectivity index (χ1v) is 13.8. The van der Waals surface area contributed by atoms with Gasteiger partial charge in [0.25, 0.3) is 5.92 Å². The second kappa shape index (κ2) is 12.2. The van der Waals surface area contributed by atoms with Gasteiger partial charge >= 0.3 is 5.97 Å². The van der Waals surface area contributed by atoms with E-state index in [0.29, 0.717) is 38.0 Å². The number of likely N-dealkylation sites (tertiary alicyclic amines) is 1. The van der Waals surface area contributed by atoms with Crippen LogP contribution in [0.15, 0.2) is 30.3 Å². The lowest BCUT2D eigenvalue weighted by Crippen LogP contribution is -2.37. The molecule has 39 heavy (non-hydrogen) atoms. The largest absolute Gasteiger partial charge is 0.480 e. The van der Waals surface area contributed by atoms with Gasteiger partial charge in [-0.15, -0.1) is 0 Å². The number of halogens is 3. The number of nitrogens with zero attached hydrogens (tertiary/aromatic N) is 2. The van der Waals surface area contributed by atoms with Crippen LogP contribution in [0.2, 0.25) is 0 Å². The standard InChI is InChI=1S/C29H36F3N3O4/c30-22-8-6-20(16-39-24-17-38-18-24)25(14-22)26(28(36)37)35-13-10-21(15-35)29(31,32)11-2-1-5-23-9-7-19-4-3-12-33-27(19)34-23/h6-9,14,21,24,26H,1-5,10-13,15-18H2,(H,33,34)(H,36,37). The van der Waals surface area contributed by atoms with E-state index in [1.165, 1.54) is 28.7 Å². The monoisotopic (exact) mass is 547 g/mol. The summed E-state index contributed by atoms with van der Waals surface area (Å²) in [5, 5.41) is 13.4. The molecule has 2 N–H and O–H groups in total. The number of aliphatic carboxylic acids is 1. The number of nitrogens with one attached hydrogen (secondary N) is 1. The molecular formula is C29H36F3N3O4. The zero-order valence-corrected chi connectivity index (χ0v) is 22.0. The molecular weight excluding hydrogens is 511 g/mol. The third-order valence-electron chi connectivity index (χ3n) is 8.05. The van der Waals surface area contributed by atoms with E-state index in [2.05, 4.69) is 16.4 Å². The molecule has 1 aromatic heterocycles. The first-order chi connectivity index (χ1) is 18.8. The van der Waals surface area contributed by atoms with Gasteiger partial charge in [-0.05, 0) is 80.0 Å². The number of pyridine rings is 1. The van der Waals surface area contributed by atoms with Gasteiger partial charge in [0, 0.05) is 31.1 Å². The molecule has 2 atom stereocenters. The van der Waals surface area contributed by atoms with E-state index in [9.17, 15) is 14.3 Å². The van der Waals surface area contributed by atoms with Crippen LogP contribution in [-0.2, 0) is 33.7 Å². The first kappa shape index (κ1) is 27.9.